The Balaban J connectivity index is 2.47. The number of nitrogens with zero attached hydrogens (tertiary/aromatic N) is 1. The van der Waals surface area contributed by atoms with Crippen LogP contribution in [-0.2, 0) is 0 Å². The quantitative estimate of drug-likeness (QED) is 0.893. The van der Waals surface area contributed by atoms with Crippen molar-refractivity contribution in [3.05, 3.63) is 51.7 Å². The van der Waals surface area contributed by atoms with Crippen LogP contribution >= 0.6 is 11.6 Å². The van der Waals surface area contributed by atoms with Crippen molar-refractivity contribution in [1.82, 2.24) is 4.98 Å². The lowest BCUT2D eigenvalue weighted by molar-refractivity contribution is 0.0697. The minimum absolute atomic E-state index is 0.173. The molecule has 5 heteroatoms. The molecular weight excluding hydrogens is 276 g/mol. The molecule has 0 spiro atoms. The van der Waals surface area contributed by atoms with Gasteiger partial charge in [0.15, 0.2) is 0 Å². The summed E-state index contributed by atoms with van der Waals surface area (Å²) in [5, 5.41) is 13.0. The van der Waals surface area contributed by atoms with E-state index in [0.717, 1.165) is 11.3 Å². The number of carboxylic acids is 1. The standard InChI is InChI=1S/C15H15ClN2O2/c1-8-4-5-11(7-12(8)16)18-14-13(15(19)20)9(2)6-10(3)17-14/h4-7H,1-3H3,(H,17,18)(H,19,20). The summed E-state index contributed by atoms with van der Waals surface area (Å²) in [4.78, 5) is 15.6. The minimum atomic E-state index is -1.00. The molecule has 104 valence electrons. The van der Waals surface area contributed by atoms with Crippen LogP contribution < -0.4 is 5.32 Å². The number of pyridine rings is 1. The van der Waals surface area contributed by atoms with Crippen molar-refractivity contribution in [2.24, 2.45) is 0 Å². The van der Waals surface area contributed by atoms with E-state index in [9.17, 15) is 9.90 Å². The number of nitrogens with one attached hydrogen (secondary N) is 1. The van der Waals surface area contributed by atoms with Crippen molar-refractivity contribution in [3.8, 4) is 0 Å². The number of carbonyl (C=O) groups is 1. The smallest absolute Gasteiger partial charge is 0.339 e. The number of aryl methyl sites for hydroxylation is 3. The maximum Gasteiger partial charge on any atom is 0.339 e. The predicted molar refractivity (Wildman–Crippen MR) is 80.1 cm³/mol. The first-order valence-electron chi connectivity index (χ1n) is 6.13. The molecule has 0 amide bonds. The van der Waals surface area contributed by atoms with Gasteiger partial charge in [-0.05, 0) is 50.1 Å². The summed E-state index contributed by atoms with van der Waals surface area (Å²) in [5.41, 5.74) is 3.27. The third-order valence-corrected chi connectivity index (χ3v) is 3.40. The molecule has 0 aliphatic rings. The Morgan fingerprint density at radius 3 is 2.50 bits per heavy atom. The van der Waals surface area contributed by atoms with Crippen LogP contribution in [0.5, 0.6) is 0 Å². The van der Waals surface area contributed by atoms with Crippen LogP contribution in [0.2, 0.25) is 5.02 Å². The molecule has 0 saturated heterocycles. The molecule has 2 rings (SSSR count). The van der Waals surface area contributed by atoms with Crippen molar-refractivity contribution < 1.29 is 9.90 Å². The predicted octanol–water partition coefficient (Wildman–Crippen LogP) is 4.10. The first kappa shape index (κ1) is 14.3. The largest absolute Gasteiger partial charge is 0.478 e. The van der Waals surface area contributed by atoms with E-state index in [2.05, 4.69) is 10.3 Å². The highest BCUT2D eigenvalue weighted by molar-refractivity contribution is 6.31. The van der Waals surface area contributed by atoms with Gasteiger partial charge in [-0.2, -0.15) is 0 Å². The topological polar surface area (TPSA) is 62.2 Å². The number of aromatic carboxylic acids is 1. The van der Waals surface area contributed by atoms with Crippen molar-refractivity contribution >= 4 is 29.1 Å². The van der Waals surface area contributed by atoms with Crippen LogP contribution in [0, 0.1) is 20.8 Å². The third-order valence-electron chi connectivity index (χ3n) is 2.99. The number of hydrogen-bond acceptors (Lipinski definition) is 3. The fraction of sp³-hybridized carbons (Fsp3) is 0.200. The Kier molecular flexibility index (Phi) is 3.95. The second kappa shape index (κ2) is 5.51. The van der Waals surface area contributed by atoms with Gasteiger partial charge in [-0.15, -0.1) is 0 Å². The second-order valence-corrected chi connectivity index (χ2v) is 5.11. The summed E-state index contributed by atoms with van der Waals surface area (Å²) in [6.07, 6.45) is 0. The summed E-state index contributed by atoms with van der Waals surface area (Å²) >= 11 is 6.07. The number of hydrogen-bond donors (Lipinski definition) is 2. The Morgan fingerprint density at radius 1 is 1.20 bits per heavy atom. The highest BCUT2D eigenvalue weighted by atomic mass is 35.5. The van der Waals surface area contributed by atoms with E-state index >= 15 is 0 Å². The van der Waals surface area contributed by atoms with E-state index in [0.29, 0.717) is 22.1 Å². The zero-order valence-electron chi connectivity index (χ0n) is 11.5. The molecular formula is C15H15ClN2O2. The van der Waals surface area contributed by atoms with Gasteiger partial charge < -0.3 is 10.4 Å². The van der Waals surface area contributed by atoms with E-state index in [1.807, 2.05) is 26.0 Å². The Morgan fingerprint density at radius 2 is 1.90 bits per heavy atom. The average molecular weight is 291 g/mol. The molecule has 0 aliphatic carbocycles. The van der Waals surface area contributed by atoms with Crippen LogP contribution in [-0.4, -0.2) is 16.1 Å². The molecule has 0 unspecified atom stereocenters. The first-order valence-corrected chi connectivity index (χ1v) is 6.51. The molecule has 0 bridgehead atoms. The number of carboxylic acid groups (broad SMARTS) is 1. The monoisotopic (exact) mass is 290 g/mol. The number of aromatic nitrogens is 1. The average Bonchev–Trinajstić information content (AvgIpc) is 2.32. The van der Waals surface area contributed by atoms with Crippen molar-refractivity contribution in [3.63, 3.8) is 0 Å². The van der Waals surface area contributed by atoms with Crippen LogP contribution in [0.25, 0.3) is 0 Å². The molecule has 1 aromatic heterocycles. The lowest BCUT2D eigenvalue weighted by Crippen LogP contribution is -2.08. The molecule has 2 N–H and O–H groups in total. The van der Waals surface area contributed by atoms with Crippen LogP contribution in [0.15, 0.2) is 24.3 Å². The fourth-order valence-electron chi connectivity index (χ4n) is 2.00. The van der Waals surface area contributed by atoms with Crippen LogP contribution in [0.4, 0.5) is 11.5 Å². The molecule has 20 heavy (non-hydrogen) atoms. The lowest BCUT2D eigenvalue weighted by atomic mass is 10.1. The highest BCUT2D eigenvalue weighted by Crippen LogP contribution is 2.26. The van der Waals surface area contributed by atoms with E-state index in [4.69, 9.17) is 11.6 Å². The molecule has 0 atom stereocenters. The molecule has 0 radical (unpaired) electrons. The summed E-state index contributed by atoms with van der Waals surface area (Å²) in [5.74, 6) is -0.675. The van der Waals surface area contributed by atoms with Crippen LogP contribution in [0.3, 0.4) is 0 Å². The number of rotatable bonds is 3. The Hall–Kier alpha value is -2.07. The third kappa shape index (κ3) is 2.91. The van der Waals surface area contributed by atoms with E-state index in [1.54, 1.807) is 19.1 Å². The Labute approximate surface area is 122 Å². The van der Waals surface area contributed by atoms with Gasteiger partial charge in [-0.1, -0.05) is 17.7 Å². The number of halogens is 1. The zero-order valence-corrected chi connectivity index (χ0v) is 12.2. The summed E-state index contributed by atoms with van der Waals surface area (Å²) in [6.45, 7) is 5.49. The van der Waals surface area contributed by atoms with Crippen LogP contribution in [0.1, 0.15) is 27.2 Å². The maximum atomic E-state index is 11.4. The van der Waals surface area contributed by atoms with Gasteiger partial charge in [0.2, 0.25) is 0 Å². The fourth-order valence-corrected chi connectivity index (χ4v) is 2.19. The summed E-state index contributed by atoms with van der Waals surface area (Å²) in [6, 6.07) is 7.21. The van der Waals surface area contributed by atoms with Gasteiger partial charge in [-0.25, -0.2) is 9.78 Å². The SMILES string of the molecule is Cc1cc(C)c(C(=O)O)c(Nc2ccc(C)c(Cl)c2)n1. The molecule has 0 saturated carbocycles. The Bertz CT molecular complexity index is 684. The molecule has 1 heterocycles. The van der Waals surface area contributed by atoms with E-state index < -0.39 is 5.97 Å². The van der Waals surface area contributed by atoms with E-state index in [-0.39, 0.29) is 5.56 Å². The summed E-state index contributed by atoms with van der Waals surface area (Å²) in [7, 11) is 0. The number of anilines is 2. The van der Waals surface area contributed by atoms with Crippen molar-refractivity contribution in [2.75, 3.05) is 5.32 Å². The molecule has 0 aliphatic heterocycles. The molecule has 2 aromatic rings. The van der Waals surface area contributed by atoms with Gasteiger partial charge in [-0.3, -0.25) is 0 Å². The van der Waals surface area contributed by atoms with Gasteiger partial charge in [0, 0.05) is 16.4 Å². The zero-order chi connectivity index (χ0) is 14.9. The lowest BCUT2D eigenvalue weighted by Gasteiger charge is -2.12. The summed E-state index contributed by atoms with van der Waals surface area (Å²) < 4.78 is 0. The molecule has 4 nitrogen and oxygen atoms in total. The maximum absolute atomic E-state index is 11.4. The molecule has 0 fully saturated rings. The van der Waals surface area contributed by atoms with Gasteiger partial charge in [0.1, 0.15) is 11.4 Å². The second-order valence-electron chi connectivity index (χ2n) is 4.70. The van der Waals surface area contributed by atoms with Crippen molar-refractivity contribution in [2.45, 2.75) is 20.8 Å². The number of benzene rings is 1. The highest BCUT2D eigenvalue weighted by Gasteiger charge is 2.16. The van der Waals surface area contributed by atoms with Gasteiger partial charge in [0.05, 0.1) is 0 Å². The van der Waals surface area contributed by atoms with Gasteiger partial charge in [0.25, 0.3) is 0 Å². The normalized spacial score (nSPS) is 10.4. The molecule has 1 aromatic carbocycles. The minimum Gasteiger partial charge on any atom is -0.478 e. The van der Waals surface area contributed by atoms with E-state index in [1.165, 1.54) is 0 Å². The first-order chi connectivity index (χ1) is 9.38. The van der Waals surface area contributed by atoms with Crippen molar-refractivity contribution in [1.29, 1.82) is 0 Å². The van der Waals surface area contributed by atoms with Gasteiger partial charge >= 0.3 is 5.97 Å².